The van der Waals surface area contributed by atoms with E-state index in [4.69, 9.17) is 14.9 Å². The lowest BCUT2D eigenvalue weighted by Gasteiger charge is -2.16. The van der Waals surface area contributed by atoms with Crippen LogP contribution in [-0.4, -0.2) is 12.6 Å². The van der Waals surface area contributed by atoms with Crippen molar-refractivity contribution in [1.82, 2.24) is 0 Å². The van der Waals surface area contributed by atoms with Gasteiger partial charge in [-0.3, -0.25) is 0 Å². The molecule has 0 saturated heterocycles. The lowest BCUT2D eigenvalue weighted by molar-refractivity contribution is 0.0527. The first-order valence-corrected chi connectivity index (χ1v) is 6.48. The third-order valence-electron chi connectivity index (χ3n) is 2.88. The molecule has 5 nitrogen and oxygen atoms in total. The van der Waals surface area contributed by atoms with Crippen LogP contribution in [0, 0.1) is 0 Å². The van der Waals surface area contributed by atoms with Crippen molar-refractivity contribution in [3.05, 3.63) is 47.9 Å². The van der Waals surface area contributed by atoms with Crippen molar-refractivity contribution in [3.8, 4) is 0 Å². The molecule has 1 aromatic carbocycles. The van der Waals surface area contributed by atoms with Crippen LogP contribution in [0.4, 0.5) is 11.4 Å². The highest BCUT2D eigenvalue weighted by Gasteiger charge is 2.16. The summed E-state index contributed by atoms with van der Waals surface area (Å²) in [7, 11) is 0. The standard InChI is InChI=1S/C15H18N2O3/c1-3-19-15(18)12-9-11(16)6-7-13(12)17-10(2)14-5-4-8-20-14/h4-10,17H,3,16H2,1-2H3. The number of benzene rings is 1. The summed E-state index contributed by atoms with van der Waals surface area (Å²) in [6.07, 6.45) is 1.61. The number of ether oxygens (including phenoxy) is 1. The molecule has 2 aromatic rings. The molecule has 20 heavy (non-hydrogen) atoms. The van der Waals surface area contributed by atoms with Crippen molar-refractivity contribution < 1.29 is 13.9 Å². The summed E-state index contributed by atoms with van der Waals surface area (Å²) in [5.41, 5.74) is 7.34. The van der Waals surface area contributed by atoms with Crippen LogP contribution < -0.4 is 11.1 Å². The third kappa shape index (κ3) is 3.12. The molecular formula is C15H18N2O3. The van der Waals surface area contributed by atoms with Crippen LogP contribution in [-0.2, 0) is 4.74 Å². The Kier molecular flexibility index (Phi) is 4.30. The van der Waals surface area contributed by atoms with E-state index in [1.165, 1.54) is 0 Å². The van der Waals surface area contributed by atoms with E-state index in [1.807, 2.05) is 19.1 Å². The molecule has 106 valence electrons. The molecule has 0 aliphatic heterocycles. The van der Waals surface area contributed by atoms with Crippen molar-refractivity contribution in [1.29, 1.82) is 0 Å². The van der Waals surface area contributed by atoms with E-state index >= 15 is 0 Å². The number of nitrogens with two attached hydrogens (primary N) is 1. The molecule has 2 rings (SSSR count). The Bertz CT molecular complexity index is 579. The van der Waals surface area contributed by atoms with Crippen molar-refractivity contribution in [2.45, 2.75) is 19.9 Å². The summed E-state index contributed by atoms with van der Waals surface area (Å²) >= 11 is 0. The topological polar surface area (TPSA) is 77.5 Å². The second kappa shape index (κ2) is 6.14. The van der Waals surface area contributed by atoms with Gasteiger partial charge < -0.3 is 20.2 Å². The van der Waals surface area contributed by atoms with E-state index in [9.17, 15) is 4.79 Å². The molecule has 0 bridgehead atoms. The number of carbonyl (C=O) groups is 1. The van der Waals surface area contributed by atoms with Gasteiger partial charge >= 0.3 is 5.97 Å². The van der Waals surface area contributed by atoms with Crippen molar-refractivity contribution in [2.75, 3.05) is 17.7 Å². The van der Waals surface area contributed by atoms with Gasteiger partial charge in [-0.05, 0) is 44.2 Å². The lowest BCUT2D eigenvalue weighted by atomic mass is 10.1. The van der Waals surface area contributed by atoms with Gasteiger partial charge in [-0.15, -0.1) is 0 Å². The van der Waals surface area contributed by atoms with E-state index in [-0.39, 0.29) is 6.04 Å². The second-order valence-corrected chi connectivity index (χ2v) is 4.41. The quantitative estimate of drug-likeness (QED) is 0.646. The molecule has 0 aliphatic carbocycles. The molecular weight excluding hydrogens is 256 g/mol. The molecule has 3 N–H and O–H groups in total. The zero-order valence-corrected chi connectivity index (χ0v) is 11.6. The SMILES string of the molecule is CCOC(=O)c1cc(N)ccc1NC(C)c1ccco1. The molecule has 0 saturated carbocycles. The minimum atomic E-state index is -0.394. The van der Waals surface area contributed by atoms with Gasteiger partial charge in [0.25, 0.3) is 0 Å². The third-order valence-corrected chi connectivity index (χ3v) is 2.88. The van der Waals surface area contributed by atoms with E-state index in [0.717, 1.165) is 5.76 Å². The number of hydrogen-bond donors (Lipinski definition) is 2. The van der Waals surface area contributed by atoms with Gasteiger partial charge in [0.15, 0.2) is 0 Å². The van der Waals surface area contributed by atoms with E-state index in [2.05, 4.69) is 5.32 Å². The van der Waals surface area contributed by atoms with E-state index < -0.39 is 5.97 Å². The number of esters is 1. The minimum Gasteiger partial charge on any atom is -0.467 e. The first-order valence-electron chi connectivity index (χ1n) is 6.48. The number of nitrogens with one attached hydrogen (secondary N) is 1. The summed E-state index contributed by atoms with van der Waals surface area (Å²) in [6.45, 7) is 4.04. The highest BCUT2D eigenvalue weighted by Crippen LogP contribution is 2.25. The Morgan fingerprint density at radius 3 is 2.90 bits per heavy atom. The zero-order chi connectivity index (χ0) is 14.5. The zero-order valence-electron chi connectivity index (χ0n) is 11.6. The summed E-state index contributed by atoms with van der Waals surface area (Å²) in [5, 5.41) is 3.23. The fourth-order valence-corrected chi connectivity index (χ4v) is 1.91. The average Bonchev–Trinajstić information content (AvgIpc) is 2.95. The molecule has 0 radical (unpaired) electrons. The normalized spacial score (nSPS) is 11.9. The fourth-order valence-electron chi connectivity index (χ4n) is 1.91. The summed E-state index contributed by atoms with van der Waals surface area (Å²) in [5.74, 6) is 0.394. The van der Waals surface area contributed by atoms with Crippen molar-refractivity contribution >= 4 is 17.3 Å². The first-order chi connectivity index (χ1) is 9.61. The monoisotopic (exact) mass is 274 g/mol. The Morgan fingerprint density at radius 2 is 2.25 bits per heavy atom. The maximum Gasteiger partial charge on any atom is 0.340 e. The van der Waals surface area contributed by atoms with E-state index in [0.29, 0.717) is 23.5 Å². The highest BCUT2D eigenvalue weighted by molar-refractivity contribution is 5.96. The van der Waals surface area contributed by atoms with Gasteiger partial charge in [-0.25, -0.2) is 4.79 Å². The smallest absolute Gasteiger partial charge is 0.340 e. The Hall–Kier alpha value is -2.43. The molecule has 1 aromatic heterocycles. The fraction of sp³-hybridized carbons (Fsp3) is 0.267. The maximum atomic E-state index is 11.9. The number of furan rings is 1. The molecule has 0 fully saturated rings. The Labute approximate surface area is 117 Å². The van der Waals surface area contributed by atoms with Gasteiger partial charge in [0.1, 0.15) is 5.76 Å². The predicted molar refractivity (Wildman–Crippen MR) is 77.6 cm³/mol. The van der Waals surface area contributed by atoms with Gasteiger partial charge in [0, 0.05) is 11.4 Å². The molecule has 0 spiro atoms. The van der Waals surface area contributed by atoms with Crippen LogP contribution in [0.2, 0.25) is 0 Å². The molecule has 1 unspecified atom stereocenters. The molecule has 1 atom stereocenters. The molecule has 5 heteroatoms. The van der Waals surface area contributed by atoms with Crippen molar-refractivity contribution in [2.24, 2.45) is 0 Å². The average molecular weight is 274 g/mol. The molecule has 0 aliphatic rings. The largest absolute Gasteiger partial charge is 0.467 e. The van der Waals surface area contributed by atoms with Crippen LogP contribution >= 0.6 is 0 Å². The molecule has 0 amide bonds. The number of anilines is 2. The Morgan fingerprint density at radius 1 is 1.45 bits per heavy atom. The lowest BCUT2D eigenvalue weighted by Crippen LogP contribution is -2.12. The molecule has 1 heterocycles. The van der Waals surface area contributed by atoms with Crippen LogP contribution in [0.25, 0.3) is 0 Å². The predicted octanol–water partition coefficient (Wildman–Crippen LogP) is 3.21. The summed E-state index contributed by atoms with van der Waals surface area (Å²) in [6, 6.07) is 8.74. The van der Waals surface area contributed by atoms with Crippen LogP contribution in [0.1, 0.15) is 36.0 Å². The first kappa shape index (κ1) is 14.0. The van der Waals surface area contributed by atoms with Gasteiger partial charge in [0.05, 0.1) is 24.5 Å². The number of rotatable bonds is 5. The van der Waals surface area contributed by atoms with Crippen molar-refractivity contribution in [3.63, 3.8) is 0 Å². The maximum absolute atomic E-state index is 11.9. The Balaban J connectivity index is 2.24. The summed E-state index contributed by atoms with van der Waals surface area (Å²) in [4.78, 5) is 11.9. The minimum absolute atomic E-state index is 0.0678. The number of nitrogen functional groups attached to an aromatic ring is 1. The van der Waals surface area contributed by atoms with Crippen LogP contribution in [0.3, 0.4) is 0 Å². The van der Waals surface area contributed by atoms with Gasteiger partial charge in [-0.2, -0.15) is 0 Å². The number of carbonyl (C=O) groups excluding carboxylic acids is 1. The van der Waals surface area contributed by atoms with Gasteiger partial charge in [0.2, 0.25) is 0 Å². The second-order valence-electron chi connectivity index (χ2n) is 4.41. The van der Waals surface area contributed by atoms with Gasteiger partial charge in [-0.1, -0.05) is 0 Å². The van der Waals surface area contributed by atoms with Crippen LogP contribution in [0.5, 0.6) is 0 Å². The number of hydrogen-bond acceptors (Lipinski definition) is 5. The summed E-state index contributed by atoms with van der Waals surface area (Å²) < 4.78 is 10.4. The highest BCUT2D eigenvalue weighted by atomic mass is 16.5. The van der Waals surface area contributed by atoms with E-state index in [1.54, 1.807) is 31.4 Å². The van der Waals surface area contributed by atoms with Crippen LogP contribution in [0.15, 0.2) is 41.0 Å².